The summed E-state index contributed by atoms with van der Waals surface area (Å²) >= 11 is 0. The van der Waals surface area contributed by atoms with Crippen molar-refractivity contribution in [1.82, 2.24) is 14.5 Å². The quantitative estimate of drug-likeness (QED) is 0.869. The van der Waals surface area contributed by atoms with Crippen LogP contribution in [0.4, 0.5) is 4.39 Å². The molecule has 0 N–H and O–H groups in total. The van der Waals surface area contributed by atoms with Crippen LogP contribution in [-0.4, -0.2) is 36.0 Å². The Kier molecular flexibility index (Phi) is 4.17. The molecule has 0 amide bonds. The van der Waals surface area contributed by atoms with Gasteiger partial charge < -0.3 is 0 Å². The van der Waals surface area contributed by atoms with Crippen LogP contribution in [0, 0.1) is 5.82 Å². The van der Waals surface area contributed by atoms with Crippen LogP contribution in [0.5, 0.6) is 0 Å². The molecule has 116 valence electrons. The Morgan fingerprint density at radius 3 is 2.45 bits per heavy atom. The molecule has 1 saturated heterocycles. The number of sulfonamides is 1. The zero-order chi connectivity index (χ0) is 15.6. The van der Waals surface area contributed by atoms with Gasteiger partial charge in [-0.1, -0.05) is 12.1 Å². The largest absolute Gasteiger partial charge is 0.245 e. The third-order valence-electron chi connectivity index (χ3n) is 3.99. The second kappa shape index (κ2) is 6.10. The summed E-state index contributed by atoms with van der Waals surface area (Å²) in [5.74, 6) is -0.439. The minimum atomic E-state index is -3.77. The molecule has 1 aliphatic rings. The summed E-state index contributed by atoms with van der Waals surface area (Å²) in [5.41, 5.74) is 1.07. The van der Waals surface area contributed by atoms with Crippen LogP contribution < -0.4 is 0 Å². The smallest absolute Gasteiger partial charge is 0.207 e. The number of hydrogen-bond acceptors (Lipinski definition) is 4. The first-order valence-electron chi connectivity index (χ1n) is 7.10. The van der Waals surface area contributed by atoms with Gasteiger partial charge in [0, 0.05) is 19.3 Å². The van der Waals surface area contributed by atoms with Crippen molar-refractivity contribution in [2.75, 3.05) is 13.1 Å². The molecule has 0 atom stereocenters. The van der Waals surface area contributed by atoms with E-state index in [0.717, 1.165) is 5.56 Å². The lowest BCUT2D eigenvalue weighted by Gasteiger charge is -2.31. The maximum atomic E-state index is 13.8. The van der Waals surface area contributed by atoms with Crippen molar-refractivity contribution < 1.29 is 12.8 Å². The summed E-state index contributed by atoms with van der Waals surface area (Å²) in [7, 11) is -3.77. The van der Waals surface area contributed by atoms with E-state index in [1.54, 1.807) is 12.4 Å². The summed E-state index contributed by atoms with van der Waals surface area (Å²) in [5, 5.41) is 7.60. The first kappa shape index (κ1) is 15.1. The van der Waals surface area contributed by atoms with Crippen LogP contribution in [0.15, 0.2) is 47.6 Å². The summed E-state index contributed by atoms with van der Waals surface area (Å²) in [6.45, 7) is 0.757. The molecule has 0 unspecified atom stereocenters. The van der Waals surface area contributed by atoms with Gasteiger partial charge in [-0.25, -0.2) is 12.8 Å². The number of nitrogens with zero attached hydrogens (tertiary/aromatic N) is 3. The third kappa shape index (κ3) is 2.86. The van der Waals surface area contributed by atoms with Gasteiger partial charge in [-0.05, 0) is 42.5 Å². The van der Waals surface area contributed by atoms with E-state index in [4.69, 9.17) is 0 Å². The van der Waals surface area contributed by atoms with E-state index in [9.17, 15) is 12.8 Å². The normalized spacial score (nSPS) is 17.5. The van der Waals surface area contributed by atoms with E-state index in [0.29, 0.717) is 25.9 Å². The predicted molar refractivity (Wildman–Crippen MR) is 79.2 cm³/mol. The number of hydrogen-bond donors (Lipinski definition) is 0. The Hall–Kier alpha value is -1.86. The fourth-order valence-corrected chi connectivity index (χ4v) is 4.30. The molecule has 0 saturated carbocycles. The molecule has 3 rings (SSSR count). The van der Waals surface area contributed by atoms with Gasteiger partial charge in [0.25, 0.3) is 0 Å². The molecule has 1 aromatic heterocycles. The highest BCUT2D eigenvalue weighted by atomic mass is 32.2. The average Bonchev–Trinajstić information content (AvgIpc) is 2.56. The fraction of sp³-hybridized carbons (Fsp3) is 0.333. The van der Waals surface area contributed by atoms with Gasteiger partial charge in [-0.15, -0.1) is 0 Å². The second-order valence-electron chi connectivity index (χ2n) is 5.28. The molecule has 0 radical (unpaired) electrons. The number of piperidine rings is 1. The predicted octanol–water partition coefficient (Wildman–Crippen LogP) is 2.18. The highest BCUT2D eigenvalue weighted by molar-refractivity contribution is 7.89. The summed E-state index contributed by atoms with van der Waals surface area (Å²) in [4.78, 5) is -0.251. The van der Waals surface area contributed by atoms with E-state index in [1.807, 2.05) is 6.07 Å². The van der Waals surface area contributed by atoms with Gasteiger partial charge in [0.15, 0.2) is 0 Å². The van der Waals surface area contributed by atoms with Gasteiger partial charge in [0.1, 0.15) is 10.7 Å². The lowest BCUT2D eigenvalue weighted by molar-refractivity contribution is 0.318. The van der Waals surface area contributed by atoms with Gasteiger partial charge in [-0.2, -0.15) is 14.5 Å². The molecule has 2 aromatic rings. The van der Waals surface area contributed by atoms with Crippen LogP contribution >= 0.6 is 0 Å². The summed E-state index contributed by atoms with van der Waals surface area (Å²) < 4.78 is 40.1. The molecule has 1 aromatic carbocycles. The van der Waals surface area contributed by atoms with E-state index >= 15 is 0 Å². The minimum Gasteiger partial charge on any atom is -0.207 e. The Morgan fingerprint density at radius 2 is 1.82 bits per heavy atom. The van der Waals surface area contributed by atoms with Gasteiger partial charge in [0.2, 0.25) is 10.0 Å². The monoisotopic (exact) mass is 321 g/mol. The number of halogens is 1. The lowest BCUT2D eigenvalue weighted by Crippen LogP contribution is -2.38. The SMILES string of the molecule is O=S(=O)(c1ccccc1F)N1CCC(c2ccnnc2)CC1. The van der Waals surface area contributed by atoms with Gasteiger partial charge >= 0.3 is 0 Å². The third-order valence-corrected chi connectivity index (χ3v) is 5.92. The van der Waals surface area contributed by atoms with Crippen LogP contribution in [-0.2, 0) is 10.0 Å². The van der Waals surface area contributed by atoms with Crippen LogP contribution in [0.1, 0.15) is 24.3 Å². The van der Waals surface area contributed by atoms with Crippen molar-refractivity contribution in [3.05, 3.63) is 54.1 Å². The zero-order valence-electron chi connectivity index (χ0n) is 11.9. The van der Waals surface area contributed by atoms with Gasteiger partial charge in [-0.3, -0.25) is 0 Å². The van der Waals surface area contributed by atoms with E-state index in [1.165, 1.54) is 28.6 Å². The first-order valence-corrected chi connectivity index (χ1v) is 8.54. The Labute approximate surface area is 128 Å². The van der Waals surface area contributed by atoms with E-state index in [2.05, 4.69) is 10.2 Å². The molecular weight excluding hydrogens is 305 g/mol. The summed E-state index contributed by atoms with van der Waals surface area (Å²) in [6, 6.07) is 7.40. The molecule has 0 aliphatic carbocycles. The molecular formula is C15H16FN3O2S. The maximum absolute atomic E-state index is 13.8. The van der Waals surface area contributed by atoms with E-state index < -0.39 is 15.8 Å². The lowest BCUT2D eigenvalue weighted by atomic mass is 9.92. The highest BCUT2D eigenvalue weighted by Gasteiger charge is 2.31. The second-order valence-corrected chi connectivity index (χ2v) is 7.19. The number of rotatable bonds is 3. The topological polar surface area (TPSA) is 63.2 Å². The molecule has 0 bridgehead atoms. The Balaban J connectivity index is 1.75. The van der Waals surface area contributed by atoms with Crippen molar-refractivity contribution in [2.24, 2.45) is 0 Å². The van der Waals surface area contributed by atoms with Gasteiger partial charge in [0.05, 0.1) is 6.20 Å². The van der Waals surface area contributed by atoms with Crippen molar-refractivity contribution in [1.29, 1.82) is 0 Å². The molecule has 5 nitrogen and oxygen atoms in total. The minimum absolute atomic E-state index is 0.251. The van der Waals surface area contributed by atoms with Crippen LogP contribution in [0.25, 0.3) is 0 Å². The van der Waals surface area contributed by atoms with Crippen LogP contribution in [0.3, 0.4) is 0 Å². The maximum Gasteiger partial charge on any atom is 0.245 e. The molecule has 1 fully saturated rings. The fourth-order valence-electron chi connectivity index (χ4n) is 2.76. The van der Waals surface area contributed by atoms with Crippen molar-refractivity contribution in [3.63, 3.8) is 0 Å². The Morgan fingerprint density at radius 1 is 1.09 bits per heavy atom. The molecule has 1 aliphatic heterocycles. The zero-order valence-corrected chi connectivity index (χ0v) is 12.7. The highest BCUT2D eigenvalue weighted by Crippen LogP contribution is 2.30. The Bertz CT molecular complexity index is 744. The molecule has 2 heterocycles. The van der Waals surface area contributed by atoms with E-state index in [-0.39, 0.29) is 10.8 Å². The first-order chi connectivity index (χ1) is 10.6. The standard InChI is InChI=1S/C15H16FN3O2S/c16-14-3-1-2-4-15(14)22(20,21)19-9-6-12(7-10-19)13-5-8-17-18-11-13/h1-5,8,11-12H,6-7,9-10H2. The molecule has 22 heavy (non-hydrogen) atoms. The average molecular weight is 321 g/mol. The van der Waals surface area contributed by atoms with Crippen molar-refractivity contribution >= 4 is 10.0 Å². The number of benzene rings is 1. The van der Waals surface area contributed by atoms with Crippen molar-refractivity contribution in [2.45, 2.75) is 23.7 Å². The molecule has 7 heteroatoms. The van der Waals surface area contributed by atoms with Crippen LogP contribution in [0.2, 0.25) is 0 Å². The number of aromatic nitrogens is 2. The molecule has 0 spiro atoms. The summed E-state index contributed by atoms with van der Waals surface area (Å²) in [6.07, 6.45) is 4.74. The van der Waals surface area contributed by atoms with Crippen molar-refractivity contribution in [3.8, 4) is 0 Å².